The fraction of sp³-hybridized carbons (Fsp3) is 0.308. The Balaban J connectivity index is 1.21. The number of nitrogens with zero attached hydrogens (tertiary/aromatic N) is 5. The number of aromatic nitrogens is 4. The van der Waals surface area contributed by atoms with Gasteiger partial charge < -0.3 is 14.4 Å². The zero-order valence-corrected chi connectivity index (χ0v) is 22.3. The number of likely N-dealkylation sites (tertiary alicyclic amines) is 1. The van der Waals surface area contributed by atoms with Gasteiger partial charge in [-0.15, -0.1) is 13.2 Å². The maximum Gasteiger partial charge on any atom is 0.573 e. The number of alkyl halides is 3. The van der Waals surface area contributed by atoms with E-state index in [-0.39, 0.29) is 46.3 Å². The fourth-order valence-corrected chi connectivity index (χ4v) is 5.09. The molecule has 41 heavy (non-hydrogen) atoms. The van der Waals surface area contributed by atoms with Crippen molar-refractivity contribution in [3.05, 3.63) is 66.4 Å². The molecule has 0 unspecified atom stereocenters. The summed E-state index contributed by atoms with van der Waals surface area (Å²) in [5.41, 5.74) is 0.831. The van der Waals surface area contributed by atoms with Crippen molar-refractivity contribution in [3.8, 4) is 17.3 Å². The zero-order valence-electron chi connectivity index (χ0n) is 21.5. The molecular weight excluding hydrogens is 570 g/mol. The van der Waals surface area contributed by atoms with E-state index in [0.29, 0.717) is 36.9 Å². The van der Waals surface area contributed by atoms with Crippen molar-refractivity contribution in [1.82, 2.24) is 24.6 Å². The molecule has 216 valence electrons. The molecule has 0 bridgehead atoms. The van der Waals surface area contributed by atoms with Crippen LogP contribution in [0.5, 0.6) is 11.6 Å². The second-order valence-corrected chi connectivity index (χ2v) is 11.4. The van der Waals surface area contributed by atoms with Gasteiger partial charge in [0.25, 0.3) is 0 Å². The van der Waals surface area contributed by atoms with E-state index in [0.717, 1.165) is 12.3 Å². The van der Waals surface area contributed by atoms with E-state index in [1.54, 1.807) is 4.90 Å². The van der Waals surface area contributed by atoms with E-state index in [1.807, 2.05) is 0 Å². The maximum atomic E-state index is 14.8. The van der Waals surface area contributed by atoms with Crippen LogP contribution in [0.15, 0.2) is 59.9 Å². The van der Waals surface area contributed by atoms with E-state index in [2.05, 4.69) is 19.8 Å². The van der Waals surface area contributed by atoms with Crippen LogP contribution in [-0.4, -0.2) is 70.8 Å². The van der Waals surface area contributed by atoms with E-state index < -0.39 is 22.0 Å². The van der Waals surface area contributed by atoms with Gasteiger partial charge in [-0.1, -0.05) is 12.1 Å². The second kappa shape index (κ2) is 11.0. The first-order valence-corrected chi connectivity index (χ1v) is 14.2. The molecule has 10 nitrogen and oxygen atoms in total. The molecule has 5 rings (SSSR count). The molecule has 1 saturated heterocycles. The fourth-order valence-electron chi connectivity index (χ4n) is 4.46. The minimum Gasteiger partial charge on any atom is -0.474 e. The Hall–Kier alpha value is -4.27. The Bertz CT molecular complexity index is 1680. The molecule has 2 aromatic carbocycles. The lowest BCUT2D eigenvalue weighted by Crippen LogP contribution is -2.42. The van der Waals surface area contributed by atoms with Crippen LogP contribution in [0.4, 0.5) is 17.6 Å². The summed E-state index contributed by atoms with van der Waals surface area (Å²) in [5.74, 6) is -1.07. The first kappa shape index (κ1) is 28.3. The number of sulfone groups is 1. The summed E-state index contributed by atoms with van der Waals surface area (Å²) in [6.45, 7) is 0.814. The van der Waals surface area contributed by atoms with Crippen molar-refractivity contribution in [2.24, 2.45) is 0 Å². The first-order valence-electron chi connectivity index (χ1n) is 12.4. The number of benzene rings is 2. The normalized spacial score (nSPS) is 14.8. The van der Waals surface area contributed by atoms with Gasteiger partial charge in [0.1, 0.15) is 35.1 Å². The Kier molecular flexibility index (Phi) is 7.55. The van der Waals surface area contributed by atoms with Crippen LogP contribution in [0.25, 0.3) is 16.7 Å². The topological polar surface area (TPSA) is 117 Å². The van der Waals surface area contributed by atoms with Crippen LogP contribution in [0, 0.1) is 5.82 Å². The largest absolute Gasteiger partial charge is 0.573 e. The lowest BCUT2D eigenvalue weighted by Gasteiger charge is -2.32. The number of halogens is 4. The summed E-state index contributed by atoms with van der Waals surface area (Å²) in [5, 5.41) is 4.62. The number of carbonyl (C=O) groups excluding carboxylic acids is 1. The molecule has 0 atom stereocenters. The number of hydrogen-bond acceptors (Lipinski definition) is 8. The molecule has 0 spiro atoms. The molecule has 4 aromatic rings. The third-order valence-electron chi connectivity index (χ3n) is 6.49. The van der Waals surface area contributed by atoms with Crippen LogP contribution < -0.4 is 9.47 Å². The summed E-state index contributed by atoms with van der Waals surface area (Å²) in [6.07, 6.45) is -0.345. The predicted octanol–water partition coefficient (Wildman–Crippen LogP) is 3.87. The van der Waals surface area contributed by atoms with Gasteiger partial charge in [0.05, 0.1) is 17.5 Å². The molecule has 1 aliphatic rings. The van der Waals surface area contributed by atoms with Gasteiger partial charge in [0.15, 0.2) is 15.5 Å². The highest BCUT2D eigenvalue weighted by molar-refractivity contribution is 7.90. The van der Waals surface area contributed by atoms with Crippen LogP contribution in [0.2, 0.25) is 0 Å². The van der Waals surface area contributed by atoms with E-state index >= 15 is 0 Å². The summed E-state index contributed by atoms with van der Waals surface area (Å²) in [6, 6.07) is 8.68. The monoisotopic (exact) mass is 593 g/mol. The van der Waals surface area contributed by atoms with Crippen molar-refractivity contribution in [2.75, 3.05) is 19.3 Å². The zero-order chi connectivity index (χ0) is 29.4. The summed E-state index contributed by atoms with van der Waals surface area (Å²) < 4.78 is 86.4. The third-order valence-corrected chi connectivity index (χ3v) is 7.60. The third kappa shape index (κ3) is 6.56. The van der Waals surface area contributed by atoms with E-state index in [4.69, 9.17) is 4.74 Å². The van der Waals surface area contributed by atoms with Gasteiger partial charge in [0.2, 0.25) is 11.8 Å². The number of piperidine rings is 1. The van der Waals surface area contributed by atoms with Gasteiger partial charge in [-0.2, -0.15) is 5.10 Å². The Morgan fingerprint density at radius 2 is 1.78 bits per heavy atom. The van der Waals surface area contributed by atoms with E-state index in [9.17, 15) is 30.8 Å². The van der Waals surface area contributed by atoms with Gasteiger partial charge in [-0.25, -0.2) is 27.5 Å². The Labute approximate surface area is 231 Å². The molecule has 1 amide bonds. The summed E-state index contributed by atoms with van der Waals surface area (Å²) >= 11 is 0. The highest BCUT2D eigenvalue weighted by Crippen LogP contribution is 2.28. The first-order chi connectivity index (χ1) is 19.4. The number of ether oxygens (including phenoxy) is 2. The van der Waals surface area contributed by atoms with Gasteiger partial charge in [-0.05, 0) is 35.9 Å². The number of rotatable bonds is 7. The van der Waals surface area contributed by atoms with Crippen molar-refractivity contribution in [3.63, 3.8) is 0 Å². The minimum absolute atomic E-state index is 0.00592. The molecule has 15 heteroatoms. The van der Waals surface area contributed by atoms with Gasteiger partial charge in [0, 0.05) is 32.2 Å². The van der Waals surface area contributed by atoms with Gasteiger partial charge in [-0.3, -0.25) is 4.79 Å². The number of amides is 1. The highest BCUT2D eigenvalue weighted by Gasteiger charge is 2.31. The van der Waals surface area contributed by atoms with Crippen molar-refractivity contribution in [1.29, 1.82) is 0 Å². The highest BCUT2D eigenvalue weighted by atomic mass is 32.2. The molecule has 0 radical (unpaired) electrons. The SMILES string of the molecule is CS(=O)(=O)c1ccc(-n2ncc3c(OC4CCN(C(=O)Cc5ccc(OC(F)(F)F)cc5)CC4)ncnc32)c(F)c1. The lowest BCUT2D eigenvalue weighted by atomic mass is 10.1. The molecular formula is C26H23F4N5O5S. The molecule has 0 aliphatic carbocycles. The van der Waals surface area contributed by atoms with Gasteiger partial charge >= 0.3 is 6.36 Å². The van der Waals surface area contributed by atoms with Crippen LogP contribution in [0.3, 0.4) is 0 Å². The number of hydrogen-bond donors (Lipinski definition) is 0. The summed E-state index contributed by atoms with van der Waals surface area (Å²) in [4.78, 5) is 22.6. The molecule has 3 heterocycles. The molecule has 0 saturated carbocycles. The standard InChI is InChI=1S/C26H23F4N5O5S/c1-41(37,38)19-6-7-22(21(27)13-19)35-24-20(14-33-35)25(32-15-31-24)39-17-8-10-34(11-9-17)23(36)12-16-2-4-18(5-3-16)40-26(28,29)30/h2-7,13-15,17H,8-12H2,1H3. The second-order valence-electron chi connectivity index (χ2n) is 9.42. The van der Waals surface area contributed by atoms with Crippen molar-refractivity contribution < 1.29 is 40.2 Å². The van der Waals surface area contributed by atoms with Crippen molar-refractivity contribution in [2.45, 2.75) is 36.6 Å². The average molecular weight is 594 g/mol. The van der Waals surface area contributed by atoms with Crippen molar-refractivity contribution >= 4 is 26.8 Å². The lowest BCUT2D eigenvalue weighted by molar-refractivity contribution is -0.274. The number of carbonyl (C=O) groups is 1. The smallest absolute Gasteiger partial charge is 0.474 e. The number of fused-ring (bicyclic) bond motifs is 1. The van der Waals surface area contributed by atoms with Crippen LogP contribution in [0.1, 0.15) is 18.4 Å². The van der Waals surface area contributed by atoms with E-state index in [1.165, 1.54) is 53.6 Å². The summed E-state index contributed by atoms with van der Waals surface area (Å²) in [7, 11) is -3.59. The maximum absolute atomic E-state index is 14.8. The average Bonchev–Trinajstić information content (AvgIpc) is 3.34. The molecule has 2 aromatic heterocycles. The Morgan fingerprint density at radius 3 is 2.41 bits per heavy atom. The Morgan fingerprint density at radius 1 is 1.07 bits per heavy atom. The molecule has 1 aliphatic heterocycles. The molecule has 1 fully saturated rings. The minimum atomic E-state index is -4.78. The predicted molar refractivity (Wildman–Crippen MR) is 137 cm³/mol. The van der Waals surface area contributed by atoms with Crippen LogP contribution >= 0.6 is 0 Å². The quantitative estimate of drug-likeness (QED) is 0.297. The van der Waals surface area contributed by atoms with Crippen LogP contribution in [-0.2, 0) is 21.1 Å². The molecule has 0 N–H and O–H groups in total.